The molecule has 2 aromatic rings. The first kappa shape index (κ1) is 22.3. The Hall–Kier alpha value is -3.38. The Bertz CT molecular complexity index is 928. The minimum absolute atomic E-state index is 0.101. The summed E-state index contributed by atoms with van der Waals surface area (Å²) in [5.41, 5.74) is 0.292. The van der Waals surface area contributed by atoms with Crippen molar-refractivity contribution in [3.8, 4) is 0 Å². The molecule has 1 spiro atoms. The number of hydrogen-bond acceptors (Lipinski definition) is 7. The average Bonchev–Trinajstić information content (AvgIpc) is 3.04. The van der Waals surface area contributed by atoms with Crippen molar-refractivity contribution in [1.29, 1.82) is 0 Å². The Balaban J connectivity index is 0.000000339. The molecule has 1 amide bonds. The highest BCUT2D eigenvalue weighted by atomic mass is 19.4. The predicted molar refractivity (Wildman–Crippen MR) is 98.6 cm³/mol. The van der Waals surface area contributed by atoms with Gasteiger partial charge in [-0.15, -0.1) is 0 Å². The number of carbonyl (C=O) groups excluding carboxylic acids is 1. The van der Waals surface area contributed by atoms with Crippen LogP contribution in [0.4, 0.5) is 29.2 Å². The van der Waals surface area contributed by atoms with E-state index in [1.165, 1.54) is 6.33 Å². The maximum absolute atomic E-state index is 13.1. The molecule has 13 heteroatoms. The van der Waals surface area contributed by atoms with Crippen molar-refractivity contribution in [1.82, 2.24) is 19.9 Å². The summed E-state index contributed by atoms with van der Waals surface area (Å²) in [7, 11) is 0. The first-order valence-corrected chi connectivity index (χ1v) is 9.22. The lowest BCUT2D eigenvalue weighted by atomic mass is 9.78. The lowest BCUT2D eigenvalue weighted by Gasteiger charge is -2.38. The Kier molecular flexibility index (Phi) is 6.32. The van der Waals surface area contributed by atoms with Crippen LogP contribution in [0.25, 0.3) is 0 Å². The fourth-order valence-corrected chi connectivity index (χ4v) is 3.65. The first-order valence-electron chi connectivity index (χ1n) is 9.22. The van der Waals surface area contributed by atoms with E-state index in [9.17, 15) is 22.4 Å². The van der Waals surface area contributed by atoms with E-state index in [4.69, 9.17) is 9.90 Å². The van der Waals surface area contributed by atoms with E-state index in [0.29, 0.717) is 19.0 Å². The zero-order valence-corrected chi connectivity index (χ0v) is 16.1. The molecule has 1 unspecified atom stereocenters. The van der Waals surface area contributed by atoms with Gasteiger partial charge in [0.25, 0.3) is 0 Å². The fraction of sp³-hybridized carbons (Fsp3) is 0.444. The number of carbonyl (C=O) groups is 2. The molecule has 31 heavy (non-hydrogen) atoms. The zero-order chi connectivity index (χ0) is 22.6. The molecule has 2 aliphatic rings. The zero-order valence-electron chi connectivity index (χ0n) is 16.1. The number of anilines is 2. The van der Waals surface area contributed by atoms with Gasteiger partial charge in [-0.25, -0.2) is 29.1 Å². The van der Waals surface area contributed by atoms with Crippen molar-refractivity contribution in [2.75, 3.05) is 29.4 Å². The van der Waals surface area contributed by atoms with Gasteiger partial charge in [-0.3, -0.25) is 4.79 Å². The molecule has 2 aromatic heterocycles. The van der Waals surface area contributed by atoms with Gasteiger partial charge < -0.3 is 14.9 Å². The maximum atomic E-state index is 13.1. The van der Waals surface area contributed by atoms with Crippen LogP contribution in [0.1, 0.15) is 19.3 Å². The number of carboxylic acid groups (broad SMARTS) is 1. The number of aromatic nitrogens is 4. The highest BCUT2D eigenvalue weighted by Gasteiger charge is 2.49. The maximum Gasteiger partial charge on any atom is 0.490 e. The molecule has 2 saturated heterocycles. The van der Waals surface area contributed by atoms with Gasteiger partial charge in [-0.05, 0) is 19.3 Å². The van der Waals surface area contributed by atoms with Crippen LogP contribution >= 0.6 is 0 Å². The van der Waals surface area contributed by atoms with Crippen molar-refractivity contribution in [3.05, 3.63) is 36.9 Å². The van der Waals surface area contributed by atoms with Crippen LogP contribution in [0.15, 0.2) is 31.1 Å². The monoisotopic (exact) mass is 442 g/mol. The topological polar surface area (TPSA) is 112 Å². The number of amides is 1. The van der Waals surface area contributed by atoms with E-state index in [1.54, 1.807) is 17.3 Å². The third-order valence-electron chi connectivity index (χ3n) is 5.08. The Labute approximate surface area is 173 Å². The molecule has 9 nitrogen and oxygen atoms in total. The molecule has 0 aliphatic carbocycles. The van der Waals surface area contributed by atoms with Crippen LogP contribution in [0, 0.1) is 11.2 Å². The van der Waals surface area contributed by atoms with Gasteiger partial charge in [-0.2, -0.15) is 13.2 Å². The summed E-state index contributed by atoms with van der Waals surface area (Å²) >= 11 is 0. The minimum Gasteiger partial charge on any atom is -0.475 e. The van der Waals surface area contributed by atoms with Crippen LogP contribution in [0.3, 0.4) is 0 Å². The van der Waals surface area contributed by atoms with Gasteiger partial charge in [0.2, 0.25) is 11.9 Å². The van der Waals surface area contributed by atoms with Crippen LogP contribution in [0.5, 0.6) is 0 Å². The largest absolute Gasteiger partial charge is 0.490 e. The predicted octanol–water partition coefficient (Wildman–Crippen LogP) is 2.06. The fourth-order valence-electron chi connectivity index (χ4n) is 3.65. The van der Waals surface area contributed by atoms with Crippen LogP contribution in [-0.2, 0) is 9.59 Å². The summed E-state index contributed by atoms with van der Waals surface area (Å²) in [5.74, 6) is -2.64. The van der Waals surface area contributed by atoms with Crippen molar-refractivity contribution in [3.63, 3.8) is 0 Å². The van der Waals surface area contributed by atoms with E-state index >= 15 is 0 Å². The van der Waals surface area contributed by atoms with Crippen molar-refractivity contribution in [2.24, 2.45) is 5.41 Å². The highest BCUT2D eigenvalue weighted by Crippen LogP contribution is 2.42. The van der Waals surface area contributed by atoms with Crippen molar-refractivity contribution < 1.29 is 32.3 Å². The molecule has 0 aromatic carbocycles. The molecule has 4 heterocycles. The van der Waals surface area contributed by atoms with Gasteiger partial charge in [0.15, 0.2) is 5.82 Å². The van der Waals surface area contributed by atoms with E-state index in [-0.39, 0.29) is 5.91 Å². The number of piperidine rings is 1. The number of carboxylic acids is 1. The molecule has 1 atom stereocenters. The molecule has 0 saturated carbocycles. The molecule has 166 valence electrons. The summed E-state index contributed by atoms with van der Waals surface area (Å²) in [5, 5.41) is 7.12. The standard InChI is InChI=1S/C16H17FN6O.C2HF3O2/c17-12-6-20-15(21-7-12)22-4-1-2-16(10-22)3-5-23(14(16)24)13-8-18-11-19-9-13;3-2(4,5)1(6)7/h6-9,11H,1-5,10H2;(H,6,7). The summed E-state index contributed by atoms with van der Waals surface area (Å²) in [6.07, 6.45) is 4.51. The van der Waals surface area contributed by atoms with Crippen molar-refractivity contribution in [2.45, 2.75) is 25.4 Å². The summed E-state index contributed by atoms with van der Waals surface area (Å²) in [6, 6.07) is 0. The Morgan fingerprint density at radius 2 is 1.68 bits per heavy atom. The highest BCUT2D eigenvalue weighted by molar-refractivity contribution is 6.00. The Morgan fingerprint density at radius 3 is 2.26 bits per heavy atom. The van der Waals surface area contributed by atoms with Gasteiger partial charge in [-0.1, -0.05) is 0 Å². The second-order valence-corrected chi connectivity index (χ2v) is 7.11. The van der Waals surface area contributed by atoms with E-state index in [0.717, 1.165) is 43.9 Å². The molecule has 1 N–H and O–H groups in total. The third kappa shape index (κ3) is 5.03. The summed E-state index contributed by atoms with van der Waals surface area (Å²) in [6.45, 7) is 1.99. The third-order valence-corrected chi connectivity index (χ3v) is 5.08. The van der Waals surface area contributed by atoms with E-state index in [2.05, 4.69) is 19.9 Å². The second-order valence-electron chi connectivity index (χ2n) is 7.11. The number of alkyl halides is 3. The van der Waals surface area contributed by atoms with Gasteiger partial charge >= 0.3 is 12.1 Å². The number of nitrogens with zero attached hydrogens (tertiary/aromatic N) is 6. The molecule has 0 bridgehead atoms. The quantitative estimate of drug-likeness (QED) is 0.704. The number of hydrogen-bond donors (Lipinski definition) is 1. The molecule has 4 rings (SSSR count). The summed E-state index contributed by atoms with van der Waals surface area (Å²) in [4.78, 5) is 41.8. The molecule has 0 radical (unpaired) electrons. The van der Waals surface area contributed by atoms with Crippen LogP contribution < -0.4 is 9.80 Å². The number of halogens is 4. The lowest BCUT2D eigenvalue weighted by molar-refractivity contribution is -0.192. The number of aliphatic carboxylic acids is 1. The average molecular weight is 442 g/mol. The van der Waals surface area contributed by atoms with Crippen LogP contribution in [-0.4, -0.2) is 62.7 Å². The van der Waals surface area contributed by atoms with Gasteiger partial charge in [0.05, 0.1) is 35.9 Å². The van der Waals surface area contributed by atoms with Crippen molar-refractivity contribution >= 4 is 23.5 Å². The molecule has 2 aliphatic heterocycles. The second kappa shape index (κ2) is 8.78. The van der Waals surface area contributed by atoms with E-state index in [1.807, 2.05) is 4.90 Å². The normalized spacial score (nSPS) is 21.1. The van der Waals surface area contributed by atoms with Gasteiger partial charge in [0, 0.05) is 19.6 Å². The number of rotatable bonds is 2. The summed E-state index contributed by atoms with van der Waals surface area (Å²) < 4.78 is 44.8. The smallest absolute Gasteiger partial charge is 0.475 e. The van der Waals surface area contributed by atoms with Crippen LogP contribution in [0.2, 0.25) is 0 Å². The molecular formula is C18H18F4N6O3. The first-order chi connectivity index (χ1) is 14.6. The minimum atomic E-state index is -5.08. The molecular weight excluding hydrogens is 424 g/mol. The molecule has 2 fully saturated rings. The van der Waals surface area contributed by atoms with E-state index < -0.39 is 23.4 Å². The SMILES string of the molecule is O=C(O)C(F)(F)F.O=C1N(c2cncnc2)CCC12CCCN(c1ncc(F)cn1)C2. The van der Waals surface area contributed by atoms with Gasteiger partial charge in [0.1, 0.15) is 6.33 Å². The Morgan fingerprint density at radius 1 is 1.06 bits per heavy atom. The lowest BCUT2D eigenvalue weighted by Crippen LogP contribution is -2.48.